The Morgan fingerprint density at radius 3 is 2.52 bits per heavy atom. The van der Waals surface area contributed by atoms with Crippen LogP contribution in [-0.4, -0.2) is 50.5 Å². The smallest absolute Gasteiger partial charge is 0.197 e. The summed E-state index contributed by atoms with van der Waals surface area (Å²) in [4.78, 5) is 15.3. The highest BCUT2D eigenvalue weighted by Crippen LogP contribution is 2.44. The Bertz CT molecular complexity index is 1210. The van der Waals surface area contributed by atoms with E-state index in [1.165, 1.54) is 13.2 Å². The lowest BCUT2D eigenvalue weighted by Crippen LogP contribution is -2.32. The van der Waals surface area contributed by atoms with Crippen molar-refractivity contribution in [2.24, 2.45) is 0 Å². The van der Waals surface area contributed by atoms with Crippen molar-refractivity contribution in [3.8, 4) is 28.9 Å². The number of methoxy groups -OCH3 is 2. The van der Waals surface area contributed by atoms with Crippen LogP contribution >= 0.6 is 0 Å². The maximum atomic E-state index is 13.2. The quantitative estimate of drug-likeness (QED) is 0.677. The molecule has 160 valence electrons. The molecule has 3 aromatic rings. The Labute approximate surface area is 180 Å². The second-order valence-electron chi connectivity index (χ2n) is 7.69. The standard InChI is InChI=1S/C24H24N2O5/c1-26-9-8-16(17(26)13-27)22-20(29-2)11-21(30-3)23-18(28)10-19(31-24(22)23)15-6-4-14(12-25)5-7-15/h4-7,10-11,16-17,27H,8-9,13H2,1-3H3. The average molecular weight is 420 g/mol. The molecule has 1 N–H and O–H groups in total. The molecule has 2 atom stereocenters. The Balaban J connectivity index is 2.02. The number of aliphatic hydroxyl groups is 1. The molecule has 0 bridgehead atoms. The first-order valence-electron chi connectivity index (χ1n) is 10.1. The maximum Gasteiger partial charge on any atom is 0.197 e. The number of rotatable bonds is 5. The fraction of sp³-hybridized carbons (Fsp3) is 0.333. The van der Waals surface area contributed by atoms with Gasteiger partial charge in [0.25, 0.3) is 0 Å². The van der Waals surface area contributed by atoms with E-state index in [2.05, 4.69) is 11.0 Å². The van der Waals surface area contributed by atoms with Crippen molar-refractivity contribution in [1.82, 2.24) is 4.90 Å². The number of hydrogen-bond acceptors (Lipinski definition) is 7. The monoisotopic (exact) mass is 420 g/mol. The molecule has 0 radical (unpaired) electrons. The first kappa shape index (κ1) is 20.9. The van der Waals surface area contributed by atoms with E-state index in [1.54, 1.807) is 37.4 Å². The van der Waals surface area contributed by atoms with Crippen LogP contribution in [0.1, 0.15) is 23.5 Å². The zero-order valence-electron chi connectivity index (χ0n) is 17.7. The molecule has 1 aliphatic heterocycles. The summed E-state index contributed by atoms with van der Waals surface area (Å²) in [6.07, 6.45) is 0.796. The number of nitriles is 1. The fourth-order valence-corrected chi connectivity index (χ4v) is 4.44. The first-order valence-corrected chi connectivity index (χ1v) is 10.1. The topological polar surface area (TPSA) is 95.9 Å². The van der Waals surface area contributed by atoms with Gasteiger partial charge < -0.3 is 23.9 Å². The number of likely N-dealkylation sites (tertiary alicyclic amines) is 1. The van der Waals surface area contributed by atoms with Crippen LogP contribution in [0.4, 0.5) is 0 Å². The normalized spacial score (nSPS) is 18.8. The Morgan fingerprint density at radius 2 is 1.90 bits per heavy atom. The van der Waals surface area contributed by atoms with Gasteiger partial charge in [-0.15, -0.1) is 0 Å². The van der Waals surface area contributed by atoms with Crippen LogP contribution < -0.4 is 14.9 Å². The zero-order chi connectivity index (χ0) is 22.1. The summed E-state index contributed by atoms with van der Waals surface area (Å²) in [5.41, 5.74) is 2.15. The molecule has 2 heterocycles. The van der Waals surface area contributed by atoms with Crippen molar-refractivity contribution < 1.29 is 19.0 Å². The van der Waals surface area contributed by atoms with Gasteiger partial charge in [-0.05, 0) is 44.3 Å². The van der Waals surface area contributed by atoms with Crippen LogP contribution in [0.5, 0.6) is 11.5 Å². The zero-order valence-corrected chi connectivity index (χ0v) is 17.7. The summed E-state index contributed by atoms with van der Waals surface area (Å²) in [5.74, 6) is 1.26. The third-order valence-corrected chi connectivity index (χ3v) is 6.09. The van der Waals surface area contributed by atoms with Gasteiger partial charge >= 0.3 is 0 Å². The molecule has 0 aliphatic carbocycles. The van der Waals surface area contributed by atoms with Crippen LogP contribution in [-0.2, 0) is 0 Å². The minimum absolute atomic E-state index is 0.0165. The van der Waals surface area contributed by atoms with Gasteiger partial charge in [0, 0.05) is 35.2 Å². The van der Waals surface area contributed by atoms with Crippen LogP contribution in [0.3, 0.4) is 0 Å². The van der Waals surface area contributed by atoms with Gasteiger partial charge in [0.05, 0.1) is 32.5 Å². The van der Waals surface area contributed by atoms with E-state index in [0.717, 1.165) is 18.5 Å². The summed E-state index contributed by atoms with van der Waals surface area (Å²) < 4.78 is 17.5. The number of hydrogen-bond donors (Lipinski definition) is 1. The molecule has 0 amide bonds. The SMILES string of the molecule is COc1cc(OC)c2c(=O)cc(-c3ccc(C#N)cc3)oc2c1C1CCN(C)C1CO. The third-order valence-electron chi connectivity index (χ3n) is 6.09. The van der Waals surface area contributed by atoms with Crippen molar-refractivity contribution >= 4 is 11.0 Å². The highest BCUT2D eigenvalue weighted by Gasteiger charge is 2.37. The second kappa shape index (κ2) is 8.42. The molecule has 2 unspecified atom stereocenters. The van der Waals surface area contributed by atoms with Gasteiger partial charge in [-0.1, -0.05) is 0 Å². The predicted molar refractivity (Wildman–Crippen MR) is 117 cm³/mol. The Hall–Kier alpha value is -3.34. The fourth-order valence-electron chi connectivity index (χ4n) is 4.44. The van der Waals surface area contributed by atoms with E-state index >= 15 is 0 Å². The van der Waals surface area contributed by atoms with Crippen LogP contribution in [0.15, 0.2) is 45.6 Å². The minimum Gasteiger partial charge on any atom is -0.496 e. The van der Waals surface area contributed by atoms with Crippen LogP contribution in [0.25, 0.3) is 22.3 Å². The van der Waals surface area contributed by atoms with Gasteiger partial charge in [0.2, 0.25) is 0 Å². The lowest BCUT2D eigenvalue weighted by molar-refractivity contribution is 0.171. The molecule has 0 saturated carbocycles. The largest absolute Gasteiger partial charge is 0.496 e. The Kier molecular flexibility index (Phi) is 5.68. The van der Waals surface area contributed by atoms with E-state index < -0.39 is 0 Å². The summed E-state index contributed by atoms with van der Waals surface area (Å²) >= 11 is 0. The van der Waals surface area contributed by atoms with Crippen LogP contribution in [0.2, 0.25) is 0 Å². The predicted octanol–water partition coefficient (Wildman–Crippen LogP) is 3.13. The van der Waals surface area contributed by atoms with Crippen molar-refractivity contribution in [3.05, 3.63) is 57.7 Å². The van der Waals surface area contributed by atoms with Gasteiger partial charge in [-0.2, -0.15) is 5.26 Å². The number of nitrogens with zero attached hydrogens (tertiary/aromatic N) is 2. The number of aliphatic hydroxyl groups excluding tert-OH is 1. The van der Waals surface area contributed by atoms with Crippen molar-refractivity contribution in [3.63, 3.8) is 0 Å². The molecule has 2 aromatic carbocycles. The molecule has 7 heteroatoms. The van der Waals surface area contributed by atoms with Gasteiger partial charge in [0.1, 0.15) is 28.2 Å². The first-order chi connectivity index (χ1) is 15.0. The maximum absolute atomic E-state index is 13.2. The third kappa shape index (κ3) is 3.54. The van der Waals surface area contributed by atoms with Crippen molar-refractivity contribution in [1.29, 1.82) is 5.26 Å². The minimum atomic E-state index is -0.228. The lowest BCUT2D eigenvalue weighted by Gasteiger charge is -2.25. The molecule has 4 rings (SSSR count). The summed E-state index contributed by atoms with van der Waals surface area (Å²) in [6, 6.07) is 12.0. The van der Waals surface area contributed by atoms with Crippen molar-refractivity contribution in [2.45, 2.75) is 18.4 Å². The average Bonchev–Trinajstić information content (AvgIpc) is 3.17. The summed E-state index contributed by atoms with van der Waals surface area (Å²) in [7, 11) is 5.04. The molecule has 1 aliphatic rings. The molecular weight excluding hydrogens is 396 g/mol. The lowest BCUT2D eigenvalue weighted by atomic mass is 9.89. The number of ether oxygens (including phenoxy) is 2. The number of fused-ring (bicyclic) bond motifs is 1. The van der Waals surface area contributed by atoms with Gasteiger partial charge in [0.15, 0.2) is 5.43 Å². The molecule has 31 heavy (non-hydrogen) atoms. The van der Waals surface area contributed by atoms with E-state index in [1.807, 2.05) is 7.05 Å². The number of benzene rings is 2. The van der Waals surface area contributed by atoms with E-state index in [4.69, 9.17) is 19.2 Å². The molecule has 7 nitrogen and oxygen atoms in total. The number of likely N-dealkylation sites (N-methyl/N-ethyl adjacent to an activating group) is 1. The summed E-state index contributed by atoms with van der Waals surface area (Å²) in [5, 5.41) is 19.4. The molecular formula is C24H24N2O5. The van der Waals surface area contributed by atoms with E-state index in [0.29, 0.717) is 39.4 Å². The van der Waals surface area contributed by atoms with E-state index in [-0.39, 0.29) is 24.0 Å². The molecule has 1 saturated heterocycles. The molecule has 1 aromatic heterocycles. The molecule has 1 fully saturated rings. The highest BCUT2D eigenvalue weighted by atomic mass is 16.5. The molecule has 0 spiro atoms. The van der Waals surface area contributed by atoms with Crippen LogP contribution in [0, 0.1) is 11.3 Å². The van der Waals surface area contributed by atoms with Gasteiger partial charge in [-0.3, -0.25) is 4.79 Å². The Morgan fingerprint density at radius 1 is 1.19 bits per heavy atom. The highest BCUT2D eigenvalue weighted by molar-refractivity contribution is 5.90. The summed E-state index contributed by atoms with van der Waals surface area (Å²) in [6.45, 7) is 0.795. The van der Waals surface area contributed by atoms with E-state index in [9.17, 15) is 9.90 Å². The van der Waals surface area contributed by atoms with Gasteiger partial charge in [-0.25, -0.2) is 0 Å². The second-order valence-corrected chi connectivity index (χ2v) is 7.69. The van der Waals surface area contributed by atoms with Crippen molar-refractivity contribution in [2.75, 3.05) is 34.4 Å².